The standard InChI is InChI=1S/C22H23Cl2N3O4/c1-26(2)9-6-10-27-18(16-7-4-5-8-25-16)17(20(29)22(27)30)19(28)14-11-13(23)12-15(24)21(14)31-3/h4-5,7-8,11-12,18,28H,6,9-10H2,1-3H3/b19-17+. The first kappa shape index (κ1) is 23.1. The number of aliphatic hydroxyl groups is 1. The third-order valence-electron chi connectivity index (χ3n) is 4.98. The Balaban J connectivity index is 2.17. The molecule has 1 fully saturated rings. The maximum atomic E-state index is 13.0. The first-order chi connectivity index (χ1) is 14.8. The van der Waals surface area contributed by atoms with Gasteiger partial charge in [-0.25, -0.2) is 0 Å². The second-order valence-corrected chi connectivity index (χ2v) is 8.22. The Labute approximate surface area is 190 Å². The molecule has 1 N–H and O–H groups in total. The number of carbonyl (C=O) groups excluding carboxylic acids is 2. The number of ketones is 1. The van der Waals surface area contributed by atoms with E-state index in [1.54, 1.807) is 24.4 Å². The lowest BCUT2D eigenvalue weighted by molar-refractivity contribution is -0.140. The van der Waals surface area contributed by atoms with Crippen LogP contribution in [0.25, 0.3) is 5.76 Å². The molecule has 2 aromatic rings. The number of Topliss-reactive ketones (excluding diaryl/α,β-unsaturated/α-hetero) is 1. The lowest BCUT2D eigenvalue weighted by Gasteiger charge is -2.25. The van der Waals surface area contributed by atoms with Crippen LogP contribution in [0.5, 0.6) is 5.75 Å². The summed E-state index contributed by atoms with van der Waals surface area (Å²) in [5.74, 6) is -1.74. The van der Waals surface area contributed by atoms with E-state index in [0.717, 1.165) is 6.54 Å². The second kappa shape index (κ2) is 9.68. The van der Waals surface area contributed by atoms with Crippen molar-refractivity contribution in [1.82, 2.24) is 14.8 Å². The zero-order valence-corrected chi connectivity index (χ0v) is 18.9. The number of halogens is 2. The van der Waals surface area contributed by atoms with Crippen molar-refractivity contribution in [3.05, 3.63) is 63.4 Å². The summed E-state index contributed by atoms with van der Waals surface area (Å²) in [4.78, 5) is 33.7. The summed E-state index contributed by atoms with van der Waals surface area (Å²) in [5.41, 5.74) is 0.526. The average molecular weight is 464 g/mol. The van der Waals surface area contributed by atoms with Crippen molar-refractivity contribution in [2.24, 2.45) is 0 Å². The largest absolute Gasteiger partial charge is 0.507 e. The topological polar surface area (TPSA) is 83.0 Å². The van der Waals surface area contributed by atoms with E-state index in [1.807, 2.05) is 19.0 Å². The van der Waals surface area contributed by atoms with Crippen molar-refractivity contribution < 1.29 is 19.4 Å². The second-order valence-electron chi connectivity index (χ2n) is 7.37. The lowest BCUT2D eigenvalue weighted by atomic mass is 9.97. The normalized spacial score (nSPS) is 18.1. The van der Waals surface area contributed by atoms with Crippen molar-refractivity contribution in [3.63, 3.8) is 0 Å². The Hall–Kier alpha value is -2.61. The Kier molecular flexibility index (Phi) is 7.20. The smallest absolute Gasteiger partial charge is 0.295 e. The molecule has 0 bridgehead atoms. The van der Waals surface area contributed by atoms with Gasteiger partial charge in [-0.3, -0.25) is 14.6 Å². The maximum Gasteiger partial charge on any atom is 0.295 e. The fourth-order valence-electron chi connectivity index (χ4n) is 3.60. The number of hydrogen-bond donors (Lipinski definition) is 1. The Morgan fingerprint density at radius 3 is 2.61 bits per heavy atom. The fraction of sp³-hybridized carbons (Fsp3) is 0.318. The van der Waals surface area contributed by atoms with Gasteiger partial charge in [-0.05, 0) is 51.3 Å². The van der Waals surface area contributed by atoms with Crippen molar-refractivity contribution in [2.75, 3.05) is 34.3 Å². The summed E-state index contributed by atoms with van der Waals surface area (Å²) < 4.78 is 5.32. The number of aliphatic hydroxyl groups excluding tert-OH is 1. The zero-order valence-electron chi connectivity index (χ0n) is 17.4. The van der Waals surface area contributed by atoms with Gasteiger partial charge in [0.15, 0.2) is 0 Å². The van der Waals surface area contributed by atoms with Crippen LogP contribution in [0.3, 0.4) is 0 Å². The number of nitrogens with zero attached hydrogens (tertiary/aromatic N) is 3. The van der Waals surface area contributed by atoms with Crippen LogP contribution in [0.1, 0.15) is 23.7 Å². The van der Waals surface area contributed by atoms with Crippen LogP contribution in [0, 0.1) is 0 Å². The summed E-state index contributed by atoms with van der Waals surface area (Å²) in [6.45, 7) is 1.06. The van der Waals surface area contributed by atoms with Gasteiger partial charge in [-0.2, -0.15) is 0 Å². The number of amides is 1. The first-order valence-electron chi connectivity index (χ1n) is 9.63. The number of pyridine rings is 1. The zero-order chi connectivity index (χ0) is 22.7. The van der Waals surface area contributed by atoms with Crippen molar-refractivity contribution >= 4 is 40.7 Å². The molecule has 1 unspecified atom stereocenters. The molecule has 1 atom stereocenters. The predicted molar refractivity (Wildman–Crippen MR) is 119 cm³/mol. The number of ether oxygens (including phenoxy) is 1. The van der Waals surface area contributed by atoms with Gasteiger partial charge in [-0.1, -0.05) is 29.3 Å². The van der Waals surface area contributed by atoms with Crippen LogP contribution < -0.4 is 4.74 Å². The highest BCUT2D eigenvalue weighted by atomic mass is 35.5. The van der Waals surface area contributed by atoms with E-state index < -0.39 is 23.5 Å². The van der Waals surface area contributed by atoms with E-state index in [9.17, 15) is 14.7 Å². The number of hydrogen-bond acceptors (Lipinski definition) is 6. The van der Waals surface area contributed by atoms with E-state index >= 15 is 0 Å². The first-order valence-corrected chi connectivity index (χ1v) is 10.4. The van der Waals surface area contributed by atoms with Crippen LogP contribution >= 0.6 is 23.2 Å². The Morgan fingerprint density at radius 2 is 2.00 bits per heavy atom. The minimum atomic E-state index is -0.842. The molecule has 3 rings (SSSR count). The van der Waals surface area contributed by atoms with Gasteiger partial charge in [0.05, 0.1) is 29.0 Å². The molecule has 0 saturated carbocycles. The molecule has 1 aromatic carbocycles. The molecule has 31 heavy (non-hydrogen) atoms. The van der Waals surface area contributed by atoms with E-state index in [-0.39, 0.29) is 26.9 Å². The average Bonchev–Trinajstić information content (AvgIpc) is 2.98. The molecule has 1 saturated heterocycles. The maximum absolute atomic E-state index is 13.0. The molecule has 1 amide bonds. The van der Waals surface area contributed by atoms with E-state index in [4.69, 9.17) is 27.9 Å². The summed E-state index contributed by atoms with van der Waals surface area (Å²) >= 11 is 12.3. The quantitative estimate of drug-likeness (QED) is 0.382. The van der Waals surface area contributed by atoms with Gasteiger partial charge in [0.2, 0.25) is 0 Å². The SMILES string of the molecule is COc1c(Cl)cc(Cl)cc1/C(O)=C1\C(=O)C(=O)N(CCCN(C)C)C1c1ccccn1. The highest BCUT2D eigenvalue weighted by molar-refractivity contribution is 6.46. The van der Waals surface area contributed by atoms with Crippen molar-refractivity contribution in [2.45, 2.75) is 12.5 Å². The van der Waals surface area contributed by atoms with Crippen LogP contribution in [-0.4, -0.2) is 65.9 Å². The lowest BCUT2D eigenvalue weighted by Crippen LogP contribution is -2.32. The highest BCUT2D eigenvalue weighted by Gasteiger charge is 2.46. The van der Waals surface area contributed by atoms with Crippen LogP contribution in [0.2, 0.25) is 10.0 Å². The molecule has 0 aliphatic carbocycles. The molecule has 1 aromatic heterocycles. The number of carbonyl (C=O) groups is 2. The van der Waals surface area contributed by atoms with E-state index in [0.29, 0.717) is 18.7 Å². The number of rotatable bonds is 7. The van der Waals surface area contributed by atoms with Gasteiger partial charge in [0, 0.05) is 17.8 Å². The predicted octanol–water partition coefficient (Wildman–Crippen LogP) is 3.77. The van der Waals surface area contributed by atoms with E-state index in [2.05, 4.69) is 4.98 Å². The fourth-order valence-corrected chi connectivity index (χ4v) is 4.17. The number of likely N-dealkylation sites (tertiary alicyclic amines) is 1. The molecular formula is C22H23Cl2N3O4. The Bertz CT molecular complexity index is 1020. The Morgan fingerprint density at radius 1 is 1.26 bits per heavy atom. The molecular weight excluding hydrogens is 441 g/mol. The number of aromatic nitrogens is 1. The monoisotopic (exact) mass is 463 g/mol. The van der Waals surface area contributed by atoms with Gasteiger partial charge in [-0.15, -0.1) is 0 Å². The molecule has 164 valence electrons. The molecule has 0 radical (unpaired) electrons. The van der Waals surface area contributed by atoms with Gasteiger partial charge < -0.3 is 19.6 Å². The molecule has 9 heteroatoms. The van der Waals surface area contributed by atoms with Crippen LogP contribution in [0.4, 0.5) is 0 Å². The molecule has 2 heterocycles. The van der Waals surface area contributed by atoms with Crippen LogP contribution in [0.15, 0.2) is 42.1 Å². The third kappa shape index (κ3) is 4.69. The third-order valence-corrected chi connectivity index (χ3v) is 5.48. The number of benzene rings is 1. The summed E-state index contributed by atoms with van der Waals surface area (Å²) in [6.07, 6.45) is 2.22. The van der Waals surface area contributed by atoms with Gasteiger partial charge in [0.1, 0.15) is 17.6 Å². The molecule has 1 aliphatic heterocycles. The van der Waals surface area contributed by atoms with E-state index in [1.165, 1.54) is 24.1 Å². The van der Waals surface area contributed by atoms with Crippen LogP contribution in [-0.2, 0) is 9.59 Å². The minimum Gasteiger partial charge on any atom is -0.507 e. The minimum absolute atomic E-state index is 0.0785. The summed E-state index contributed by atoms with van der Waals surface area (Å²) in [7, 11) is 5.25. The molecule has 0 spiro atoms. The molecule has 7 nitrogen and oxygen atoms in total. The highest BCUT2D eigenvalue weighted by Crippen LogP contribution is 2.42. The van der Waals surface area contributed by atoms with Crippen molar-refractivity contribution in [3.8, 4) is 5.75 Å². The summed E-state index contributed by atoms with van der Waals surface area (Å²) in [5, 5.41) is 11.6. The molecule has 1 aliphatic rings. The van der Waals surface area contributed by atoms with Gasteiger partial charge in [0.25, 0.3) is 11.7 Å². The van der Waals surface area contributed by atoms with Gasteiger partial charge >= 0.3 is 0 Å². The summed E-state index contributed by atoms with van der Waals surface area (Å²) in [6, 6.07) is 7.28. The number of methoxy groups -OCH3 is 1. The van der Waals surface area contributed by atoms with Crippen molar-refractivity contribution in [1.29, 1.82) is 0 Å².